The molecule has 0 radical (unpaired) electrons. The third-order valence-electron chi connectivity index (χ3n) is 3.18. The van der Waals surface area contributed by atoms with Crippen molar-refractivity contribution >= 4 is 15.9 Å². The van der Waals surface area contributed by atoms with Gasteiger partial charge in [0.2, 0.25) is 0 Å². The van der Waals surface area contributed by atoms with Crippen molar-refractivity contribution in [2.45, 2.75) is 26.0 Å². The van der Waals surface area contributed by atoms with Crippen LogP contribution in [0.1, 0.15) is 18.9 Å². The van der Waals surface area contributed by atoms with Gasteiger partial charge in [-0.05, 0) is 37.0 Å². The Bertz CT molecular complexity index is 325. The van der Waals surface area contributed by atoms with Gasteiger partial charge < -0.3 is 10.1 Å². The van der Waals surface area contributed by atoms with Gasteiger partial charge in [0, 0.05) is 24.2 Å². The number of halogens is 1. The van der Waals surface area contributed by atoms with Gasteiger partial charge in [0.1, 0.15) is 0 Å². The Morgan fingerprint density at radius 1 is 1.38 bits per heavy atom. The number of hydrogen-bond acceptors (Lipinski definition) is 2. The van der Waals surface area contributed by atoms with Crippen LogP contribution >= 0.6 is 15.9 Å². The summed E-state index contributed by atoms with van der Waals surface area (Å²) in [5.41, 5.74) is 1.33. The van der Waals surface area contributed by atoms with Crippen LogP contribution < -0.4 is 5.32 Å². The van der Waals surface area contributed by atoms with Crippen LogP contribution in [0.2, 0.25) is 0 Å². The first-order chi connectivity index (χ1) is 7.75. The fraction of sp³-hybridized carbons (Fsp3) is 0.538. The second-order valence-corrected chi connectivity index (χ2v) is 5.30. The van der Waals surface area contributed by atoms with E-state index in [-0.39, 0.29) is 0 Å². The number of rotatable bonds is 4. The lowest BCUT2D eigenvalue weighted by Crippen LogP contribution is -2.26. The minimum Gasteiger partial charge on any atom is -0.378 e. The first-order valence-corrected chi connectivity index (χ1v) is 6.62. The van der Waals surface area contributed by atoms with Crippen LogP contribution in [0, 0.1) is 5.92 Å². The summed E-state index contributed by atoms with van der Waals surface area (Å²) in [6, 6.07) is 8.45. The number of hydrogen-bond donors (Lipinski definition) is 1. The smallest absolute Gasteiger partial charge is 0.0588 e. The summed E-state index contributed by atoms with van der Waals surface area (Å²) in [5.74, 6) is 0.676. The molecule has 0 aliphatic carbocycles. The van der Waals surface area contributed by atoms with Gasteiger partial charge in [-0.15, -0.1) is 0 Å². The Morgan fingerprint density at radius 2 is 2.12 bits per heavy atom. The highest BCUT2D eigenvalue weighted by Crippen LogP contribution is 2.19. The standard InChI is InChI=1S/C13H18BrNO/c1-10-12(6-7-16-10)9-15-8-11-2-4-13(14)5-3-11/h2-5,10,12,15H,6-9H2,1H3. The lowest BCUT2D eigenvalue weighted by molar-refractivity contribution is 0.105. The Labute approximate surface area is 106 Å². The van der Waals surface area contributed by atoms with Crippen LogP contribution in [-0.2, 0) is 11.3 Å². The van der Waals surface area contributed by atoms with Gasteiger partial charge in [-0.25, -0.2) is 0 Å². The highest BCUT2D eigenvalue weighted by molar-refractivity contribution is 9.10. The minimum absolute atomic E-state index is 0.414. The molecule has 2 atom stereocenters. The summed E-state index contributed by atoms with van der Waals surface area (Å²) in [6.45, 7) is 5.08. The lowest BCUT2D eigenvalue weighted by Gasteiger charge is -2.14. The largest absolute Gasteiger partial charge is 0.378 e. The van der Waals surface area contributed by atoms with Gasteiger partial charge in [-0.2, -0.15) is 0 Å². The Hall–Kier alpha value is -0.380. The van der Waals surface area contributed by atoms with E-state index in [0.29, 0.717) is 12.0 Å². The highest BCUT2D eigenvalue weighted by Gasteiger charge is 2.23. The van der Waals surface area contributed by atoms with Gasteiger partial charge in [0.25, 0.3) is 0 Å². The van der Waals surface area contributed by atoms with Crippen molar-refractivity contribution in [2.75, 3.05) is 13.2 Å². The summed E-state index contributed by atoms with van der Waals surface area (Å²) in [6.07, 6.45) is 1.60. The average molecular weight is 284 g/mol. The van der Waals surface area contributed by atoms with Crippen LogP contribution in [0.3, 0.4) is 0 Å². The normalized spacial score (nSPS) is 24.9. The monoisotopic (exact) mass is 283 g/mol. The second-order valence-electron chi connectivity index (χ2n) is 4.38. The molecular formula is C13H18BrNO. The molecule has 0 amide bonds. The van der Waals surface area contributed by atoms with E-state index < -0.39 is 0 Å². The summed E-state index contributed by atoms with van der Waals surface area (Å²) in [7, 11) is 0. The molecule has 0 aromatic heterocycles. The lowest BCUT2D eigenvalue weighted by atomic mass is 10.0. The van der Waals surface area contributed by atoms with E-state index in [1.807, 2.05) is 0 Å². The molecule has 0 saturated carbocycles. The zero-order valence-corrected chi connectivity index (χ0v) is 11.2. The molecule has 0 bridgehead atoms. The maximum atomic E-state index is 5.54. The van der Waals surface area contributed by atoms with E-state index in [1.165, 1.54) is 12.0 Å². The summed E-state index contributed by atoms with van der Waals surface area (Å²) in [4.78, 5) is 0. The van der Waals surface area contributed by atoms with Crippen molar-refractivity contribution < 1.29 is 4.74 Å². The fourth-order valence-electron chi connectivity index (χ4n) is 2.05. The maximum Gasteiger partial charge on any atom is 0.0588 e. The summed E-state index contributed by atoms with van der Waals surface area (Å²) in [5, 5.41) is 3.50. The topological polar surface area (TPSA) is 21.3 Å². The fourth-order valence-corrected chi connectivity index (χ4v) is 2.31. The quantitative estimate of drug-likeness (QED) is 0.917. The molecule has 2 unspecified atom stereocenters. The van der Waals surface area contributed by atoms with Gasteiger partial charge in [0.05, 0.1) is 6.10 Å². The van der Waals surface area contributed by atoms with Gasteiger partial charge in [-0.1, -0.05) is 28.1 Å². The SMILES string of the molecule is CC1OCCC1CNCc1ccc(Br)cc1. The Kier molecular flexibility index (Phi) is 4.38. The molecule has 1 fully saturated rings. The molecule has 1 saturated heterocycles. The molecule has 2 nitrogen and oxygen atoms in total. The van der Waals surface area contributed by atoms with E-state index in [4.69, 9.17) is 4.74 Å². The van der Waals surface area contributed by atoms with Gasteiger partial charge in [-0.3, -0.25) is 0 Å². The molecule has 1 heterocycles. The number of benzene rings is 1. The molecule has 1 N–H and O–H groups in total. The molecule has 1 aliphatic rings. The predicted octanol–water partition coefficient (Wildman–Crippen LogP) is 2.96. The Balaban J connectivity index is 1.73. The number of nitrogens with one attached hydrogen (secondary N) is 1. The van der Waals surface area contributed by atoms with Gasteiger partial charge in [0.15, 0.2) is 0 Å². The zero-order valence-electron chi connectivity index (χ0n) is 9.58. The van der Waals surface area contributed by atoms with Crippen molar-refractivity contribution in [3.8, 4) is 0 Å². The van der Waals surface area contributed by atoms with E-state index in [1.54, 1.807) is 0 Å². The molecule has 1 aliphatic heterocycles. The first-order valence-electron chi connectivity index (χ1n) is 5.82. The van der Waals surface area contributed by atoms with Gasteiger partial charge >= 0.3 is 0 Å². The van der Waals surface area contributed by atoms with E-state index in [2.05, 4.69) is 52.4 Å². The Morgan fingerprint density at radius 3 is 2.75 bits per heavy atom. The molecule has 3 heteroatoms. The van der Waals surface area contributed by atoms with E-state index in [0.717, 1.165) is 24.2 Å². The van der Waals surface area contributed by atoms with Crippen LogP contribution in [0.5, 0.6) is 0 Å². The van der Waals surface area contributed by atoms with Crippen LogP contribution in [0.25, 0.3) is 0 Å². The maximum absolute atomic E-state index is 5.54. The summed E-state index contributed by atoms with van der Waals surface area (Å²) < 4.78 is 6.67. The minimum atomic E-state index is 0.414. The third kappa shape index (κ3) is 3.30. The first kappa shape index (κ1) is 12.1. The van der Waals surface area contributed by atoms with Crippen molar-refractivity contribution in [1.82, 2.24) is 5.32 Å². The van der Waals surface area contributed by atoms with Crippen molar-refractivity contribution in [3.05, 3.63) is 34.3 Å². The zero-order chi connectivity index (χ0) is 11.4. The van der Waals surface area contributed by atoms with Crippen molar-refractivity contribution in [1.29, 1.82) is 0 Å². The van der Waals surface area contributed by atoms with Crippen molar-refractivity contribution in [3.63, 3.8) is 0 Å². The molecule has 88 valence electrons. The third-order valence-corrected chi connectivity index (χ3v) is 3.71. The van der Waals surface area contributed by atoms with Crippen LogP contribution in [0.4, 0.5) is 0 Å². The van der Waals surface area contributed by atoms with E-state index >= 15 is 0 Å². The van der Waals surface area contributed by atoms with Crippen molar-refractivity contribution in [2.24, 2.45) is 5.92 Å². The molecule has 16 heavy (non-hydrogen) atoms. The van der Waals surface area contributed by atoms with Crippen LogP contribution in [0.15, 0.2) is 28.7 Å². The molecule has 1 aromatic rings. The van der Waals surface area contributed by atoms with Crippen LogP contribution in [-0.4, -0.2) is 19.3 Å². The molecule has 1 aromatic carbocycles. The average Bonchev–Trinajstić information content (AvgIpc) is 2.68. The summed E-state index contributed by atoms with van der Waals surface area (Å²) >= 11 is 3.44. The highest BCUT2D eigenvalue weighted by atomic mass is 79.9. The molecule has 2 rings (SSSR count). The molecular weight excluding hydrogens is 266 g/mol. The van der Waals surface area contributed by atoms with E-state index in [9.17, 15) is 0 Å². The molecule has 0 spiro atoms. The predicted molar refractivity (Wildman–Crippen MR) is 69.4 cm³/mol. The second kappa shape index (κ2) is 5.80. The number of ether oxygens (including phenoxy) is 1.